The van der Waals surface area contributed by atoms with Crippen molar-refractivity contribution < 1.29 is 22.9 Å². The summed E-state index contributed by atoms with van der Waals surface area (Å²) in [4.78, 5) is 21.5. The Balaban J connectivity index is 2.17. The van der Waals surface area contributed by atoms with Gasteiger partial charge in [-0.1, -0.05) is 6.07 Å². The van der Waals surface area contributed by atoms with E-state index < -0.39 is 14.9 Å². The Labute approximate surface area is 127 Å². The average Bonchev–Trinajstić information content (AvgIpc) is 2.54. The Morgan fingerprint density at radius 1 is 1.36 bits per heavy atom. The zero-order chi connectivity index (χ0) is 16.3. The van der Waals surface area contributed by atoms with Gasteiger partial charge in [0.25, 0.3) is 5.69 Å². The molecule has 1 saturated heterocycles. The fraction of sp³-hybridized carbons (Fsp3) is 0.462. The van der Waals surface area contributed by atoms with Crippen molar-refractivity contribution in [3.63, 3.8) is 0 Å². The van der Waals surface area contributed by atoms with E-state index in [1.54, 1.807) is 0 Å². The minimum absolute atomic E-state index is 0.113. The smallest absolute Gasteiger partial charge is 0.308 e. The maximum atomic E-state index is 12.5. The number of nitrogens with zero attached hydrogens (tertiary/aromatic N) is 2. The number of ether oxygens (including phenoxy) is 1. The summed E-state index contributed by atoms with van der Waals surface area (Å²) in [6.07, 6.45) is 0.752. The predicted octanol–water partition coefficient (Wildman–Crippen LogP) is 1.17. The highest BCUT2D eigenvalue weighted by Gasteiger charge is 2.33. The van der Waals surface area contributed by atoms with Gasteiger partial charge >= 0.3 is 5.97 Å². The van der Waals surface area contributed by atoms with Crippen LogP contribution in [0.15, 0.2) is 29.2 Å². The second-order valence-electron chi connectivity index (χ2n) is 4.96. The van der Waals surface area contributed by atoms with Gasteiger partial charge in [0.15, 0.2) is 0 Å². The summed E-state index contributed by atoms with van der Waals surface area (Å²) in [5.41, 5.74) is -0.273. The Bertz CT molecular complexity index is 680. The zero-order valence-electron chi connectivity index (χ0n) is 12.0. The number of carbonyl (C=O) groups is 1. The molecule has 1 fully saturated rings. The summed E-state index contributed by atoms with van der Waals surface area (Å²) in [6, 6.07) is 4.95. The third-order valence-corrected chi connectivity index (χ3v) is 5.55. The molecule has 1 aliphatic rings. The van der Waals surface area contributed by atoms with E-state index in [1.807, 2.05) is 0 Å². The van der Waals surface area contributed by atoms with Crippen LogP contribution in [0.3, 0.4) is 0 Å². The van der Waals surface area contributed by atoms with Crippen molar-refractivity contribution in [2.75, 3.05) is 20.2 Å². The Morgan fingerprint density at radius 3 is 2.55 bits per heavy atom. The van der Waals surface area contributed by atoms with Crippen molar-refractivity contribution >= 4 is 21.7 Å². The molecular formula is C13H16N2O6S. The highest BCUT2D eigenvalue weighted by molar-refractivity contribution is 7.89. The first kappa shape index (κ1) is 16.4. The largest absolute Gasteiger partial charge is 0.469 e. The van der Waals surface area contributed by atoms with E-state index in [9.17, 15) is 23.3 Å². The van der Waals surface area contributed by atoms with Crippen LogP contribution in [0.1, 0.15) is 12.8 Å². The number of nitro groups is 1. The van der Waals surface area contributed by atoms with Gasteiger partial charge in [-0.2, -0.15) is 4.31 Å². The number of non-ortho nitro benzene ring substituents is 1. The molecule has 1 aromatic carbocycles. The predicted molar refractivity (Wildman–Crippen MR) is 76.6 cm³/mol. The first-order chi connectivity index (χ1) is 10.4. The molecular weight excluding hydrogens is 312 g/mol. The maximum absolute atomic E-state index is 12.5. The number of esters is 1. The monoisotopic (exact) mass is 328 g/mol. The van der Waals surface area contributed by atoms with Gasteiger partial charge < -0.3 is 4.74 Å². The molecule has 0 aromatic heterocycles. The molecule has 1 aliphatic heterocycles. The quantitative estimate of drug-likeness (QED) is 0.466. The van der Waals surface area contributed by atoms with Crippen LogP contribution < -0.4 is 0 Å². The molecule has 0 bridgehead atoms. The molecule has 8 nitrogen and oxygen atoms in total. The van der Waals surface area contributed by atoms with Crippen LogP contribution in [0.25, 0.3) is 0 Å². The Kier molecular flexibility index (Phi) is 4.77. The number of nitro benzene ring substituents is 1. The van der Waals surface area contributed by atoms with Gasteiger partial charge in [-0.25, -0.2) is 8.42 Å². The van der Waals surface area contributed by atoms with E-state index >= 15 is 0 Å². The fourth-order valence-electron chi connectivity index (χ4n) is 2.41. The summed E-state index contributed by atoms with van der Waals surface area (Å²) in [7, 11) is -2.50. The van der Waals surface area contributed by atoms with Crippen molar-refractivity contribution in [2.24, 2.45) is 5.92 Å². The molecule has 0 radical (unpaired) electrons. The van der Waals surface area contributed by atoms with Gasteiger partial charge in [0.2, 0.25) is 10.0 Å². The summed E-state index contributed by atoms with van der Waals surface area (Å²) in [5, 5.41) is 10.8. The van der Waals surface area contributed by atoms with Gasteiger partial charge in [-0.05, 0) is 18.9 Å². The number of hydrogen-bond donors (Lipinski definition) is 0. The van der Waals surface area contributed by atoms with Crippen LogP contribution in [0.2, 0.25) is 0 Å². The highest BCUT2D eigenvalue weighted by Crippen LogP contribution is 2.26. The lowest BCUT2D eigenvalue weighted by atomic mass is 9.99. The van der Waals surface area contributed by atoms with Crippen LogP contribution in [-0.4, -0.2) is 43.8 Å². The number of rotatable bonds is 4. The van der Waals surface area contributed by atoms with Crippen molar-refractivity contribution in [1.82, 2.24) is 4.31 Å². The molecule has 0 saturated carbocycles. The van der Waals surface area contributed by atoms with Crippen molar-refractivity contribution in [3.05, 3.63) is 34.4 Å². The fourth-order valence-corrected chi connectivity index (χ4v) is 3.92. The van der Waals surface area contributed by atoms with Crippen LogP contribution >= 0.6 is 0 Å². The normalized spacial score (nSPS) is 17.1. The molecule has 9 heteroatoms. The number of benzene rings is 1. The number of sulfonamides is 1. The molecule has 2 rings (SSSR count). The lowest BCUT2D eigenvalue weighted by Gasteiger charge is -2.29. The third kappa shape index (κ3) is 3.25. The molecule has 0 N–H and O–H groups in total. The number of carbonyl (C=O) groups excluding carboxylic acids is 1. The Morgan fingerprint density at radius 2 is 2.00 bits per heavy atom. The van der Waals surface area contributed by atoms with E-state index in [0.717, 1.165) is 6.07 Å². The number of methoxy groups -OCH3 is 1. The standard InChI is InChI=1S/C13H16N2O6S/c1-21-13(16)10-5-7-14(8-6-10)22(19,20)12-4-2-3-11(9-12)15(17)18/h2-4,9-10H,5-8H2,1H3. The summed E-state index contributed by atoms with van der Waals surface area (Å²) < 4.78 is 30.9. The molecule has 0 spiro atoms. The molecule has 0 unspecified atom stereocenters. The minimum atomic E-state index is -3.80. The SMILES string of the molecule is COC(=O)C1CCN(S(=O)(=O)c2cccc([N+](=O)[O-])c2)CC1. The maximum Gasteiger partial charge on any atom is 0.308 e. The molecule has 0 amide bonds. The molecule has 120 valence electrons. The van der Waals surface area contributed by atoms with Gasteiger partial charge in [0.05, 0.1) is 22.8 Å². The number of piperidine rings is 1. The van der Waals surface area contributed by atoms with E-state index in [1.165, 1.54) is 29.6 Å². The minimum Gasteiger partial charge on any atom is -0.469 e. The van der Waals surface area contributed by atoms with Gasteiger partial charge in [-0.15, -0.1) is 0 Å². The summed E-state index contributed by atoms with van der Waals surface area (Å²) in [5.74, 6) is -0.644. The van der Waals surface area contributed by atoms with E-state index in [-0.39, 0.29) is 35.6 Å². The topological polar surface area (TPSA) is 107 Å². The lowest BCUT2D eigenvalue weighted by Crippen LogP contribution is -2.40. The number of hydrogen-bond acceptors (Lipinski definition) is 6. The molecule has 0 atom stereocenters. The second kappa shape index (κ2) is 6.41. The van der Waals surface area contributed by atoms with Crippen LogP contribution in [-0.2, 0) is 19.6 Å². The molecule has 22 heavy (non-hydrogen) atoms. The summed E-state index contributed by atoms with van der Waals surface area (Å²) >= 11 is 0. The lowest BCUT2D eigenvalue weighted by molar-refractivity contribution is -0.385. The van der Waals surface area contributed by atoms with Gasteiger partial charge in [0, 0.05) is 25.2 Å². The molecule has 0 aliphatic carbocycles. The van der Waals surface area contributed by atoms with Crippen LogP contribution in [0.4, 0.5) is 5.69 Å². The first-order valence-electron chi connectivity index (χ1n) is 6.68. The first-order valence-corrected chi connectivity index (χ1v) is 8.12. The van der Waals surface area contributed by atoms with Crippen LogP contribution in [0, 0.1) is 16.0 Å². The van der Waals surface area contributed by atoms with Crippen LogP contribution in [0.5, 0.6) is 0 Å². The van der Waals surface area contributed by atoms with E-state index in [4.69, 9.17) is 0 Å². The van der Waals surface area contributed by atoms with Crippen molar-refractivity contribution in [1.29, 1.82) is 0 Å². The second-order valence-corrected chi connectivity index (χ2v) is 6.89. The van der Waals surface area contributed by atoms with E-state index in [0.29, 0.717) is 12.8 Å². The summed E-state index contributed by atoms with van der Waals surface area (Å²) in [6.45, 7) is 0.371. The van der Waals surface area contributed by atoms with Crippen molar-refractivity contribution in [2.45, 2.75) is 17.7 Å². The zero-order valence-corrected chi connectivity index (χ0v) is 12.8. The third-order valence-electron chi connectivity index (χ3n) is 3.65. The van der Waals surface area contributed by atoms with Crippen molar-refractivity contribution in [3.8, 4) is 0 Å². The molecule has 1 heterocycles. The Hall–Kier alpha value is -2.00. The van der Waals surface area contributed by atoms with Gasteiger partial charge in [0.1, 0.15) is 0 Å². The average molecular weight is 328 g/mol. The highest BCUT2D eigenvalue weighted by atomic mass is 32.2. The molecule has 1 aromatic rings. The van der Waals surface area contributed by atoms with E-state index in [2.05, 4.69) is 4.74 Å². The van der Waals surface area contributed by atoms with Gasteiger partial charge in [-0.3, -0.25) is 14.9 Å².